The van der Waals surface area contributed by atoms with E-state index in [9.17, 15) is 52.4 Å². The maximum atomic E-state index is 13.8. The van der Waals surface area contributed by atoms with E-state index in [-0.39, 0.29) is 18.9 Å². The summed E-state index contributed by atoms with van der Waals surface area (Å²) in [4.78, 5) is 11.0. The van der Waals surface area contributed by atoms with Crippen LogP contribution in [-0.4, -0.2) is 39.8 Å². The SMILES string of the molecule is CC(C)(C1CC(NC(=O)c2ccc(C(F)(F)F)cc2S(C)(=O)=O)C1)S(=O)(=O)c1cc(F)cc(C(F)(F)F)c1. The molecule has 0 radical (unpaired) electrons. The zero-order valence-corrected chi connectivity index (χ0v) is 21.7. The molecule has 0 heterocycles. The van der Waals surface area contributed by atoms with Gasteiger partial charge in [0.25, 0.3) is 5.91 Å². The van der Waals surface area contributed by atoms with Gasteiger partial charge in [0.2, 0.25) is 0 Å². The average molecular weight is 590 g/mol. The minimum atomic E-state index is -4.98. The van der Waals surface area contributed by atoms with Gasteiger partial charge in [-0.1, -0.05) is 0 Å². The number of halogens is 7. The fourth-order valence-corrected chi connectivity index (χ4v) is 6.85. The first kappa shape index (κ1) is 29.9. The largest absolute Gasteiger partial charge is 0.416 e. The van der Waals surface area contributed by atoms with Crippen LogP contribution in [0.4, 0.5) is 30.7 Å². The van der Waals surface area contributed by atoms with Crippen molar-refractivity contribution in [2.75, 3.05) is 6.26 Å². The number of alkyl halides is 6. The van der Waals surface area contributed by atoms with Gasteiger partial charge >= 0.3 is 12.4 Å². The van der Waals surface area contributed by atoms with Crippen molar-refractivity contribution in [3.63, 3.8) is 0 Å². The van der Waals surface area contributed by atoms with Crippen molar-refractivity contribution in [3.8, 4) is 0 Å². The Labute approximate surface area is 214 Å². The molecule has 38 heavy (non-hydrogen) atoms. The number of amides is 1. The Hall–Kier alpha value is -2.68. The number of hydrogen-bond donors (Lipinski definition) is 1. The Morgan fingerprint density at radius 2 is 1.42 bits per heavy atom. The lowest BCUT2D eigenvalue weighted by molar-refractivity contribution is -0.138. The number of rotatable bonds is 6. The van der Waals surface area contributed by atoms with Gasteiger partial charge in [-0.3, -0.25) is 4.79 Å². The van der Waals surface area contributed by atoms with Gasteiger partial charge in [0, 0.05) is 12.3 Å². The van der Waals surface area contributed by atoms with Gasteiger partial charge < -0.3 is 5.32 Å². The van der Waals surface area contributed by atoms with E-state index < -0.39 is 86.9 Å². The van der Waals surface area contributed by atoms with E-state index in [1.807, 2.05) is 0 Å². The maximum Gasteiger partial charge on any atom is 0.416 e. The van der Waals surface area contributed by atoms with Crippen LogP contribution < -0.4 is 5.32 Å². The molecule has 1 saturated carbocycles. The Morgan fingerprint density at radius 3 is 1.92 bits per heavy atom. The number of sulfone groups is 2. The topological polar surface area (TPSA) is 97.4 Å². The quantitative estimate of drug-likeness (QED) is 0.477. The second-order valence-corrected chi connectivity index (χ2v) is 14.1. The summed E-state index contributed by atoms with van der Waals surface area (Å²) in [5.74, 6) is -3.08. The number of carbonyl (C=O) groups excluding carboxylic acids is 1. The van der Waals surface area contributed by atoms with Crippen LogP contribution in [0.15, 0.2) is 46.2 Å². The molecule has 0 unspecified atom stereocenters. The average Bonchev–Trinajstić information content (AvgIpc) is 2.72. The molecule has 3 rings (SSSR count). The minimum Gasteiger partial charge on any atom is -0.349 e. The molecule has 1 amide bonds. The van der Waals surface area contributed by atoms with Gasteiger partial charge in [-0.15, -0.1) is 0 Å². The summed E-state index contributed by atoms with van der Waals surface area (Å²) in [7, 11) is -8.73. The second-order valence-electron chi connectivity index (χ2n) is 9.60. The van der Waals surface area contributed by atoms with Crippen molar-refractivity contribution < 1.29 is 52.4 Å². The van der Waals surface area contributed by atoms with Crippen molar-refractivity contribution in [1.29, 1.82) is 0 Å². The standard InChI is InChI=1S/C23H22F7NO5S2/c1-21(2,38(35,36)17-9-14(23(28,29)30)6-15(24)11-17)13-7-16(8-13)31-20(32)18-5-4-12(22(25,26)27)10-19(18)37(3,33)34/h4-6,9-11,13,16H,7-8H2,1-3H3,(H,31,32). The monoisotopic (exact) mass is 589 g/mol. The number of hydrogen-bond acceptors (Lipinski definition) is 5. The second kappa shape index (κ2) is 9.50. The van der Waals surface area contributed by atoms with Crippen LogP contribution in [0.1, 0.15) is 48.2 Å². The molecule has 2 aromatic rings. The predicted octanol–water partition coefficient (Wildman–Crippen LogP) is 5.03. The molecule has 15 heteroatoms. The maximum absolute atomic E-state index is 13.8. The molecular weight excluding hydrogens is 567 g/mol. The highest BCUT2D eigenvalue weighted by Gasteiger charge is 2.49. The van der Waals surface area contributed by atoms with Gasteiger partial charge in [0.05, 0.1) is 31.2 Å². The third-order valence-electron chi connectivity index (χ3n) is 6.61. The van der Waals surface area contributed by atoms with Gasteiger partial charge in [-0.2, -0.15) is 26.3 Å². The van der Waals surface area contributed by atoms with E-state index >= 15 is 0 Å². The molecular formula is C23H22F7NO5S2. The molecule has 2 aromatic carbocycles. The van der Waals surface area contributed by atoms with Crippen molar-refractivity contribution in [2.24, 2.45) is 5.92 Å². The summed E-state index contributed by atoms with van der Waals surface area (Å²) < 4.78 is 141. The summed E-state index contributed by atoms with van der Waals surface area (Å²) in [5, 5.41) is 2.45. The van der Waals surface area contributed by atoms with Gasteiger partial charge in [-0.05, 0) is 69.0 Å². The van der Waals surface area contributed by atoms with Crippen LogP contribution in [0.25, 0.3) is 0 Å². The number of nitrogens with one attached hydrogen (secondary N) is 1. The third-order valence-corrected chi connectivity index (χ3v) is 10.3. The van der Waals surface area contributed by atoms with Crippen LogP contribution in [0.5, 0.6) is 0 Å². The summed E-state index contributed by atoms with van der Waals surface area (Å²) in [6.07, 6.45) is -9.17. The molecule has 0 spiro atoms. The lowest BCUT2D eigenvalue weighted by Gasteiger charge is -2.45. The van der Waals surface area contributed by atoms with Crippen LogP contribution >= 0.6 is 0 Å². The lowest BCUT2D eigenvalue weighted by atomic mass is 9.73. The minimum absolute atomic E-state index is 0.00819. The first-order valence-electron chi connectivity index (χ1n) is 10.9. The fraction of sp³-hybridized carbons (Fsp3) is 0.435. The Morgan fingerprint density at radius 1 is 0.868 bits per heavy atom. The number of carbonyl (C=O) groups is 1. The molecule has 0 aromatic heterocycles. The van der Waals surface area contributed by atoms with Crippen molar-refractivity contribution in [1.82, 2.24) is 5.32 Å². The molecule has 6 nitrogen and oxygen atoms in total. The van der Waals surface area contributed by atoms with E-state index in [1.54, 1.807) is 0 Å². The highest BCUT2D eigenvalue weighted by molar-refractivity contribution is 7.92. The van der Waals surface area contributed by atoms with E-state index in [0.29, 0.717) is 30.5 Å². The molecule has 1 aliphatic carbocycles. The summed E-state index contributed by atoms with van der Waals surface area (Å²) >= 11 is 0. The first-order chi connectivity index (χ1) is 17.0. The smallest absolute Gasteiger partial charge is 0.349 e. The highest BCUT2D eigenvalue weighted by Crippen LogP contribution is 2.44. The highest BCUT2D eigenvalue weighted by atomic mass is 32.2. The molecule has 1 fully saturated rings. The van der Waals surface area contributed by atoms with E-state index in [4.69, 9.17) is 0 Å². The lowest BCUT2D eigenvalue weighted by Crippen LogP contribution is -2.53. The summed E-state index contributed by atoms with van der Waals surface area (Å²) in [5.41, 5.74) is -3.27. The van der Waals surface area contributed by atoms with Crippen molar-refractivity contribution in [2.45, 2.75) is 59.6 Å². The first-order valence-corrected chi connectivity index (χ1v) is 14.3. The van der Waals surface area contributed by atoms with E-state index in [1.165, 1.54) is 13.8 Å². The van der Waals surface area contributed by atoms with Crippen molar-refractivity contribution >= 4 is 25.6 Å². The van der Waals surface area contributed by atoms with Crippen LogP contribution in [0.2, 0.25) is 0 Å². The molecule has 0 bridgehead atoms. The van der Waals surface area contributed by atoms with Crippen molar-refractivity contribution in [3.05, 3.63) is 58.9 Å². The zero-order valence-electron chi connectivity index (χ0n) is 20.0. The molecule has 0 atom stereocenters. The van der Waals surface area contributed by atoms with Crippen LogP contribution in [-0.2, 0) is 32.0 Å². The molecule has 210 valence electrons. The normalized spacial score (nSPS) is 19.1. The Bertz CT molecular complexity index is 1470. The van der Waals surface area contributed by atoms with E-state index in [0.717, 1.165) is 6.07 Å². The Kier molecular flexibility index (Phi) is 7.47. The summed E-state index contributed by atoms with van der Waals surface area (Å²) in [6, 6.07) is 1.93. The van der Waals surface area contributed by atoms with Gasteiger partial charge in [0.15, 0.2) is 19.7 Å². The zero-order chi connectivity index (χ0) is 29.1. The Balaban J connectivity index is 1.80. The van der Waals surface area contributed by atoms with E-state index in [2.05, 4.69) is 5.32 Å². The van der Waals surface area contributed by atoms with Gasteiger partial charge in [0.1, 0.15) is 5.82 Å². The molecule has 1 N–H and O–H groups in total. The number of benzene rings is 2. The summed E-state index contributed by atoms with van der Waals surface area (Å²) in [6.45, 7) is 2.50. The molecule has 0 aliphatic heterocycles. The van der Waals surface area contributed by atoms with Crippen LogP contribution in [0, 0.1) is 11.7 Å². The van der Waals surface area contributed by atoms with Gasteiger partial charge in [-0.25, -0.2) is 21.2 Å². The predicted molar refractivity (Wildman–Crippen MR) is 121 cm³/mol. The molecule has 1 aliphatic rings. The van der Waals surface area contributed by atoms with Crippen LogP contribution in [0.3, 0.4) is 0 Å². The molecule has 0 saturated heterocycles. The fourth-order valence-electron chi connectivity index (χ4n) is 4.16. The third kappa shape index (κ3) is 5.82.